The van der Waals surface area contributed by atoms with Gasteiger partial charge in [-0.1, -0.05) is 49.4 Å². The second-order valence-electron chi connectivity index (χ2n) is 10.9. The van der Waals surface area contributed by atoms with Gasteiger partial charge in [0.05, 0.1) is 31.7 Å². The first-order valence-corrected chi connectivity index (χ1v) is 15.1. The van der Waals surface area contributed by atoms with Crippen molar-refractivity contribution in [2.45, 2.75) is 37.6 Å². The van der Waals surface area contributed by atoms with Gasteiger partial charge in [-0.05, 0) is 24.1 Å². The third-order valence-corrected chi connectivity index (χ3v) is 9.73. The summed E-state index contributed by atoms with van der Waals surface area (Å²) < 4.78 is 37.9. The molecule has 5 rings (SSSR count). The van der Waals surface area contributed by atoms with Crippen LogP contribution < -0.4 is 0 Å². The van der Waals surface area contributed by atoms with Crippen LogP contribution in [-0.4, -0.2) is 81.6 Å². The number of imidazole rings is 1. The third-order valence-electron chi connectivity index (χ3n) is 8.02. The van der Waals surface area contributed by atoms with Crippen molar-refractivity contribution in [1.29, 1.82) is 0 Å². The molecule has 1 aliphatic heterocycles. The molecule has 0 radical (unpaired) electrons. The molecule has 2 aromatic heterocycles. The maximum atomic E-state index is 14.4. The van der Waals surface area contributed by atoms with E-state index in [1.165, 1.54) is 23.9 Å². The van der Waals surface area contributed by atoms with E-state index in [1.807, 2.05) is 74.0 Å². The molecule has 3 atom stereocenters. The molecule has 0 saturated carbocycles. The van der Waals surface area contributed by atoms with Gasteiger partial charge in [-0.15, -0.1) is 0 Å². The quantitative estimate of drug-likeness (QED) is 0.376. The molecule has 0 aliphatic carbocycles. The molecule has 41 heavy (non-hydrogen) atoms. The number of aliphatic hydroxyl groups is 1. The fourth-order valence-electron chi connectivity index (χ4n) is 5.56. The molecule has 1 amide bonds. The smallest absolute Gasteiger partial charge is 0.271 e. The number of rotatable bonds is 6. The second kappa shape index (κ2) is 11.4. The Labute approximate surface area is 240 Å². The lowest BCUT2D eigenvalue weighted by atomic mass is 9.96. The lowest BCUT2D eigenvalue weighted by Gasteiger charge is -2.34. The Morgan fingerprint density at radius 3 is 2.56 bits per heavy atom. The molecule has 1 N–H and O–H groups in total. The van der Waals surface area contributed by atoms with Crippen molar-refractivity contribution in [3.63, 3.8) is 0 Å². The summed E-state index contributed by atoms with van der Waals surface area (Å²) in [5.74, 6) is -0.463. The van der Waals surface area contributed by atoms with Crippen molar-refractivity contribution in [3.8, 4) is 11.1 Å². The van der Waals surface area contributed by atoms with Crippen LogP contribution in [0.4, 0.5) is 0 Å². The van der Waals surface area contributed by atoms with Gasteiger partial charge >= 0.3 is 0 Å². The topological polar surface area (TPSA) is 110 Å². The van der Waals surface area contributed by atoms with Gasteiger partial charge in [0.1, 0.15) is 5.69 Å². The Hall–Kier alpha value is -3.51. The maximum Gasteiger partial charge on any atom is 0.271 e. The Morgan fingerprint density at radius 2 is 1.85 bits per heavy atom. The number of para-hydroxylation sites is 1. The number of aliphatic hydroxyl groups excluding tert-OH is 1. The van der Waals surface area contributed by atoms with Gasteiger partial charge in [0.15, 0.2) is 5.03 Å². The van der Waals surface area contributed by atoms with Crippen LogP contribution >= 0.6 is 0 Å². The zero-order valence-electron chi connectivity index (χ0n) is 24.1. The highest BCUT2D eigenvalue weighted by molar-refractivity contribution is 7.89. The molecule has 0 spiro atoms. The molecule has 0 saturated heterocycles. The molecule has 1 aliphatic rings. The molecule has 0 fully saturated rings. The highest BCUT2D eigenvalue weighted by Gasteiger charge is 2.35. The van der Waals surface area contributed by atoms with Crippen LogP contribution in [-0.2, 0) is 35.5 Å². The van der Waals surface area contributed by atoms with E-state index >= 15 is 0 Å². The monoisotopic (exact) mass is 579 g/mol. The SMILES string of the molecule is C[C@H](CO)N1C[C@H](C)[C@@H](CN(C)S(=O)(=O)c2cn(C)cn2)OCc2ccccc2-c2c(n(C)c3ccccc23)C1=O. The first kappa shape index (κ1) is 29.0. The largest absolute Gasteiger partial charge is 0.394 e. The fourth-order valence-corrected chi connectivity index (χ4v) is 6.70. The number of hydrogen-bond acceptors (Lipinski definition) is 6. The summed E-state index contributed by atoms with van der Waals surface area (Å²) in [5, 5.41) is 11.1. The minimum Gasteiger partial charge on any atom is -0.394 e. The predicted molar refractivity (Wildman–Crippen MR) is 157 cm³/mol. The maximum absolute atomic E-state index is 14.4. The van der Waals surface area contributed by atoms with Crippen molar-refractivity contribution >= 4 is 26.8 Å². The van der Waals surface area contributed by atoms with Crippen molar-refractivity contribution in [2.24, 2.45) is 20.0 Å². The summed E-state index contributed by atoms with van der Waals surface area (Å²) in [6, 6.07) is 15.3. The van der Waals surface area contributed by atoms with Crippen LogP contribution in [0.3, 0.4) is 0 Å². The van der Waals surface area contributed by atoms with Gasteiger partial charge in [-0.2, -0.15) is 4.31 Å². The molecule has 3 heterocycles. The number of carbonyl (C=O) groups excluding carboxylic acids is 1. The minimum atomic E-state index is -3.86. The van der Waals surface area contributed by atoms with Gasteiger partial charge in [0.25, 0.3) is 15.9 Å². The molecule has 4 aromatic rings. The number of likely N-dealkylation sites (N-methyl/N-ethyl adjacent to an activating group) is 1. The minimum absolute atomic E-state index is 0.0369. The van der Waals surface area contributed by atoms with E-state index in [2.05, 4.69) is 4.98 Å². The number of aromatic nitrogens is 3. The molecular weight excluding hydrogens is 542 g/mol. The Morgan fingerprint density at radius 1 is 1.15 bits per heavy atom. The summed E-state index contributed by atoms with van der Waals surface area (Å²) in [6.45, 7) is 4.10. The van der Waals surface area contributed by atoms with Crippen LogP contribution in [0.15, 0.2) is 66.1 Å². The number of ether oxygens (including phenoxy) is 1. The van der Waals surface area contributed by atoms with E-state index < -0.39 is 22.2 Å². The number of fused-ring (bicyclic) bond motifs is 5. The average molecular weight is 580 g/mol. The predicted octanol–water partition coefficient (Wildman–Crippen LogP) is 3.26. The average Bonchev–Trinajstić information content (AvgIpc) is 3.53. The van der Waals surface area contributed by atoms with Gasteiger partial charge < -0.3 is 23.9 Å². The van der Waals surface area contributed by atoms with E-state index in [-0.39, 0.29) is 43.2 Å². The van der Waals surface area contributed by atoms with E-state index in [0.29, 0.717) is 5.69 Å². The molecule has 218 valence electrons. The first-order chi connectivity index (χ1) is 19.5. The Balaban J connectivity index is 1.61. The number of nitrogens with zero attached hydrogens (tertiary/aromatic N) is 5. The summed E-state index contributed by atoms with van der Waals surface area (Å²) in [5.41, 5.74) is 4.08. The van der Waals surface area contributed by atoms with Gasteiger partial charge in [-0.25, -0.2) is 13.4 Å². The summed E-state index contributed by atoms with van der Waals surface area (Å²) in [6.07, 6.45) is 2.37. The highest BCUT2D eigenvalue weighted by Crippen LogP contribution is 2.38. The number of carbonyl (C=O) groups is 1. The number of aryl methyl sites for hydroxylation is 2. The van der Waals surface area contributed by atoms with Crippen LogP contribution in [0.2, 0.25) is 0 Å². The Kier molecular flexibility index (Phi) is 8.06. The van der Waals surface area contributed by atoms with Crippen molar-refractivity contribution in [2.75, 3.05) is 26.7 Å². The van der Waals surface area contributed by atoms with Crippen molar-refractivity contribution in [1.82, 2.24) is 23.3 Å². The van der Waals surface area contributed by atoms with Crippen molar-refractivity contribution < 1.29 is 23.1 Å². The van der Waals surface area contributed by atoms with E-state index in [9.17, 15) is 18.3 Å². The molecule has 10 nitrogen and oxygen atoms in total. The van der Waals surface area contributed by atoms with E-state index in [0.717, 1.165) is 27.6 Å². The van der Waals surface area contributed by atoms with Gasteiger partial charge in [0, 0.05) is 62.8 Å². The van der Waals surface area contributed by atoms with Crippen molar-refractivity contribution in [3.05, 3.63) is 72.3 Å². The Bertz CT molecular complexity index is 1680. The lowest BCUT2D eigenvalue weighted by molar-refractivity contribution is -0.0147. The molecule has 2 aromatic carbocycles. The first-order valence-electron chi connectivity index (χ1n) is 13.7. The standard InChI is InChI=1S/C30H37N5O5S/c1-20-14-35(21(2)17-36)30(37)29-28(24-12-8-9-13-25(24)34(29)5)23-11-7-6-10-22(23)18-40-26(20)15-33(4)41(38,39)27-16-32(3)19-31-27/h6-13,16,19-21,26,36H,14-15,17-18H2,1-5H3/t20-,21+,26+/m0/s1. The zero-order valence-corrected chi connectivity index (χ0v) is 24.9. The fraction of sp³-hybridized carbons (Fsp3) is 0.400. The highest BCUT2D eigenvalue weighted by atomic mass is 32.2. The summed E-state index contributed by atoms with van der Waals surface area (Å²) in [4.78, 5) is 20.1. The summed E-state index contributed by atoms with van der Waals surface area (Å²) >= 11 is 0. The molecule has 0 unspecified atom stereocenters. The number of benzene rings is 2. The van der Waals surface area contributed by atoms with Crippen LogP contribution in [0, 0.1) is 5.92 Å². The number of hydrogen-bond donors (Lipinski definition) is 1. The van der Waals surface area contributed by atoms with E-state index in [1.54, 1.807) is 16.5 Å². The van der Waals surface area contributed by atoms with Gasteiger partial charge in [-0.3, -0.25) is 4.79 Å². The van der Waals surface area contributed by atoms with E-state index in [4.69, 9.17) is 4.74 Å². The third kappa shape index (κ3) is 5.30. The second-order valence-corrected chi connectivity index (χ2v) is 12.9. The number of amides is 1. The van der Waals surface area contributed by atoms with Crippen LogP contribution in [0.25, 0.3) is 22.0 Å². The normalized spacial score (nSPS) is 19.2. The van der Waals surface area contributed by atoms with Gasteiger partial charge in [0.2, 0.25) is 0 Å². The van der Waals surface area contributed by atoms with Crippen LogP contribution in [0.1, 0.15) is 29.9 Å². The van der Waals surface area contributed by atoms with Crippen LogP contribution in [0.5, 0.6) is 0 Å². The lowest BCUT2D eigenvalue weighted by Crippen LogP contribution is -2.48. The number of sulfonamides is 1. The molecule has 0 bridgehead atoms. The molecule has 11 heteroatoms. The summed E-state index contributed by atoms with van der Waals surface area (Å²) in [7, 11) is 1.26. The zero-order chi connectivity index (χ0) is 29.5. The molecular formula is C30H37N5O5S.